The number of halogens is 1. The van der Waals surface area contributed by atoms with Crippen LogP contribution in [0.3, 0.4) is 0 Å². The third-order valence-electron chi connectivity index (χ3n) is 3.79. The van der Waals surface area contributed by atoms with Crippen LogP contribution in [0.4, 0.5) is 10.1 Å². The summed E-state index contributed by atoms with van der Waals surface area (Å²) in [5.41, 5.74) is 2.32. The lowest BCUT2D eigenvalue weighted by Crippen LogP contribution is -2.14. The highest BCUT2D eigenvalue weighted by Gasteiger charge is 2.12. The lowest BCUT2D eigenvalue weighted by molar-refractivity contribution is -0.113. The molecule has 26 heavy (non-hydrogen) atoms. The zero-order valence-electron chi connectivity index (χ0n) is 14.5. The Bertz CT molecular complexity index is 893. The summed E-state index contributed by atoms with van der Waals surface area (Å²) in [6.07, 6.45) is 0. The molecule has 0 spiro atoms. The van der Waals surface area contributed by atoms with Crippen molar-refractivity contribution in [2.75, 3.05) is 11.1 Å². The number of amides is 1. The van der Waals surface area contributed by atoms with Crippen LogP contribution >= 0.6 is 11.8 Å². The van der Waals surface area contributed by atoms with Gasteiger partial charge >= 0.3 is 0 Å². The molecule has 0 aliphatic heterocycles. The van der Waals surface area contributed by atoms with Gasteiger partial charge in [-0.25, -0.2) is 9.37 Å². The Hall–Kier alpha value is -2.67. The fraction of sp³-hybridized carbons (Fsp3) is 0.211. The Labute approximate surface area is 155 Å². The fourth-order valence-electron chi connectivity index (χ4n) is 2.36. The lowest BCUT2D eigenvalue weighted by Gasteiger charge is -2.08. The molecule has 1 heterocycles. The first-order chi connectivity index (χ1) is 12.5. The smallest absolute Gasteiger partial charge is 0.234 e. The van der Waals surface area contributed by atoms with E-state index in [0.717, 1.165) is 5.69 Å². The molecule has 0 bridgehead atoms. The predicted octanol–water partition coefficient (Wildman–Crippen LogP) is 4.47. The molecule has 3 aromatic rings. The Morgan fingerprint density at radius 1 is 1.19 bits per heavy atom. The van der Waals surface area contributed by atoms with Gasteiger partial charge in [0.2, 0.25) is 11.1 Å². The van der Waals surface area contributed by atoms with E-state index in [2.05, 4.69) is 34.3 Å². The summed E-state index contributed by atoms with van der Waals surface area (Å²) in [4.78, 5) is 16.3. The number of H-pyrrole nitrogens is 1. The number of carbonyl (C=O) groups excluding carboxylic acids is 1. The maximum atomic E-state index is 13.8. The molecule has 2 N–H and O–H groups in total. The molecule has 0 saturated heterocycles. The Balaban J connectivity index is 1.56. The van der Waals surface area contributed by atoms with Gasteiger partial charge in [-0.2, -0.15) is 0 Å². The Morgan fingerprint density at radius 2 is 1.92 bits per heavy atom. The minimum atomic E-state index is -0.372. The van der Waals surface area contributed by atoms with Crippen molar-refractivity contribution in [2.45, 2.75) is 24.9 Å². The van der Waals surface area contributed by atoms with E-state index in [4.69, 9.17) is 0 Å². The van der Waals surface area contributed by atoms with Crippen molar-refractivity contribution in [3.63, 3.8) is 0 Å². The number of aromatic nitrogens is 3. The van der Waals surface area contributed by atoms with Gasteiger partial charge < -0.3 is 5.32 Å². The number of hydrogen-bond donors (Lipinski definition) is 2. The Morgan fingerprint density at radius 3 is 2.62 bits per heavy atom. The first-order valence-electron chi connectivity index (χ1n) is 8.23. The highest BCUT2D eigenvalue weighted by atomic mass is 32.2. The van der Waals surface area contributed by atoms with Crippen LogP contribution in [0.1, 0.15) is 25.3 Å². The van der Waals surface area contributed by atoms with Crippen LogP contribution in [0.15, 0.2) is 53.7 Å². The number of nitrogens with one attached hydrogen (secondary N) is 2. The van der Waals surface area contributed by atoms with Crippen LogP contribution in [-0.4, -0.2) is 26.8 Å². The van der Waals surface area contributed by atoms with E-state index < -0.39 is 0 Å². The van der Waals surface area contributed by atoms with Gasteiger partial charge in [-0.3, -0.25) is 9.89 Å². The van der Waals surface area contributed by atoms with Crippen molar-refractivity contribution >= 4 is 23.4 Å². The molecular weight excluding hydrogens is 351 g/mol. The first kappa shape index (κ1) is 18.1. The summed E-state index contributed by atoms with van der Waals surface area (Å²) in [7, 11) is 0. The number of hydrogen-bond acceptors (Lipinski definition) is 4. The molecule has 7 heteroatoms. The van der Waals surface area contributed by atoms with Crippen LogP contribution < -0.4 is 5.32 Å². The quantitative estimate of drug-likeness (QED) is 0.628. The van der Waals surface area contributed by atoms with Gasteiger partial charge in [-0.15, -0.1) is 5.10 Å². The number of carbonyl (C=O) groups is 1. The van der Waals surface area contributed by atoms with Crippen molar-refractivity contribution in [1.82, 2.24) is 15.2 Å². The number of benzene rings is 2. The lowest BCUT2D eigenvalue weighted by atomic mass is 10.0. The van der Waals surface area contributed by atoms with Crippen molar-refractivity contribution in [3.8, 4) is 11.4 Å². The zero-order chi connectivity index (χ0) is 18.5. The summed E-state index contributed by atoms with van der Waals surface area (Å²) < 4.78 is 13.8. The molecule has 0 aliphatic rings. The summed E-state index contributed by atoms with van der Waals surface area (Å²) in [5, 5.41) is 9.96. The van der Waals surface area contributed by atoms with Gasteiger partial charge in [0.1, 0.15) is 5.82 Å². The van der Waals surface area contributed by atoms with E-state index in [0.29, 0.717) is 22.5 Å². The van der Waals surface area contributed by atoms with E-state index in [1.54, 1.807) is 18.2 Å². The van der Waals surface area contributed by atoms with Gasteiger partial charge in [-0.05, 0) is 35.7 Å². The first-order valence-corrected chi connectivity index (χ1v) is 9.21. The highest BCUT2D eigenvalue weighted by molar-refractivity contribution is 7.99. The van der Waals surface area contributed by atoms with Crippen LogP contribution in [-0.2, 0) is 4.79 Å². The summed E-state index contributed by atoms with van der Waals surface area (Å²) in [6, 6.07) is 14.1. The van der Waals surface area contributed by atoms with E-state index >= 15 is 0 Å². The molecule has 134 valence electrons. The summed E-state index contributed by atoms with van der Waals surface area (Å²) >= 11 is 1.19. The fourth-order valence-corrected chi connectivity index (χ4v) is 2.96. The van der Waals surface area contributed by atoms with Gasteiger partial charge in [0.15, 0.2) is 5.82 Å². The molecule has 1 amide bonds. The molecule has 0 saturated carbocycles. The van der Waals surface area contributed by atoms with E-state index in [-0.39, 0.29) is 17.5 Å². The van der Waals surface area contributed by atoms with Crippen LogP contribution in [0.2, 0.25) is 0 Å². The van der Waals surface area contributed by atoms with E-state index in [1.807, 2.05) is 24.3 Å². The molecule has 3 rings (SSSR count). The van der Waals surface area contributed by atoms with Crippen molar-refractivity contribution in [3.05, 3.63) is 59.9 Å². The second kappa shape index (κ2) is 8.14. The molecule has 2 aromatic carbocycles. The summed E-state index contributed by atoms with van der Waals surface area (Å²) in [6.45, 7) is 4.24. The average Bonchev–Trinajstić information content (AvgIpc) is 3.09. The third-order valence-corrected chi connectivity index (χ3v) is 4.63. The second-order valence-electron chi connectivity index (χ2n) is 6.06. The summed E-state index contributed by atoms with van der Waals surface area (Å²) in [5.74, 6) is 0.438. The third kappa shape index (κ3) is 4.49. The SMILES string of the molecule is CC(C)c1ccc(NC(=O)CSc2n[nH]c(-c3ccccc3F)n2)cc1. The molecule has 0 fully saturated rings. The largest absolute Gasteiger partial charge is 0.325 e. The second-order valence-corrected chi connectivity index (χ2v) is 7.00. The highest BCUT2D eigenvalue weighted by Crippen LogP contribution is 2.22. The molecule has 0 atom stereocenters. The van der Waals surface area contributed by atoms with Gasteiger partial charge in [0.25, 0.3) is 0 Å². The predicted molar refractivity (Wildman–Crippen MR) is 102 cm³/mol. The van der Waals surface area contributed by atoms with Gasteiger partial charge in [0.05, 0.1) is 11.3 Å². The molecule has 5 nitrogen and oxygen atoms in total. The standard InChI is InChI=1S/C19H19FN4OS/c1-12(2)13-7-9-14(10-8-13)21-17(25)11-26-19-22-18(23-24-19)15-5-3-4-6-16(15)20/h3-10,12H,11H2,1-2H3,(H,21,25)(H,22,23,24). The minimum Gasteiger partial charge on any atom is -0.325 e. The molecule has 0 radical (unpaired) electrons. The van der Waals surface area contributed by atoms with Gasteiger partial charge in [0, 0.05) is 5.69 Å². The normalized spacial score (nSPS) is 10.9. The van der Waals surface area contributed by atoms with Gasteiger partial charge in [-0.1, -0.05) is 49.9 Å². The van der Waals surface area contributed by atoms with Crippen molar-refractivity contribution < 1.29 is 9.18 Å². The minimum absolute atomic E-state index is 0.149. The maximum Gasteiger partial charge on any atom is 0.234 e. The molecule has 0 unspecified atom stereocenters. The Kier molecular flexibility index (Phi) is 5.68. The number of thioether (sulfide) groups is 1. The number of nitrogens with zero attached hydrogens (tertiary/aromatic N) is 2. The number of aromatic amines is 1. The van der Waals surface area contributed by atoms with E-state index in [9.17, 15) is 9.18 Å². The topological polar surface area (TPSA) is 70.7 Å². The van der Waals surface area contributed by atoms with Crippen LogP contribution in [0.25, 0.3) is 11.4 Å². The molecular formula is C19H19FN4OS. The van der Waals surface area contributed by atoms with Crippen molar-refractivity contribution in [2.24, 2.45) is 0 Å². The van der Waals surface area contributed by atoms with Crippen LogP contribution in [0.5, 0.6) is 0 Å². The molecule has 0 aliphatic carbocycles. The number of rotatable bonds is 6. The number of anilines is 1. The maximum absolute atomic E-state index is 13.8. The molecule has 1 aromatic heterocycles. The van der Waals surface area contributed by atoms with E-state index in [1.165, 1.54) is 23.4 Å². The zero-order valence-corrected chi connectivity index (χ0v) is 15.3. The van der Waals surface area contributed by atoms with Crippen molar-refractivity contribution in [1.29, 1.82) is 0 Å². The van der Waals surface area contributed by atoms with Crippen LogP contribution in [0, 0.1) is 5.82 Å². The monoisotopic (exact) mass is 370 g/mol. The average molecular weight is 370 g/mol.